The zero-order valence-electron chi connectivity index (χ0n) is 25.3. The van der Waals surface area contributed by atoms with E-state index in [1.165, 1.54) is 54.6 Å². The quantitative estimate of drug-likeness (QED) is 0.213. The molecule has 3 aromatic carbocycles. The van der Waals surface area contributed by atoms with Gasteiger partial charge in [0.1, 0.15) is 23.9 Å². The number of ether oxygens (including phenoxy) is 3. The number of hydrogen-bond donors (Lipinski definition) is 2. The Hall–Kier alpha value is -4.44. The fourth-order valence-corrected chi connectivity index (χ4v) is 5.06. The van der Waals surface area contributed by atoms with Crippen molar-refractivity contribution in [1.82, 2.24) is 10.2 Å². The van der Waals surface area contributed by atoms with E-state index in [1.54, 1.807) is 0 Å². The van der Waals surface area contributed by atoms with Crippen LogP contribution >= 0.6 is 0 Å². The van der Waals surface area contributed by atoms with Gasteiger partial charge in [0.15, 0.2) is 6.23 Å². The van der Waals surface area contributed by atoms with E-state index in [1.807, 2.05) is 0 Å². The molecule has 0 aromatic heterocycles. The van der Waals surface area contributed by atoms with Crippen LogP contribution in [0.15, 0.2) is 66.7 Å². The van der Waals surface area contributed by atoms with Crippen LogP contribution in [0.1, 0.15) is 35.4 Å². The molecule has 1 aliphatic heterocycles. The lowest BCUT2D eigenvalue weighted by Crippen LogP contribution is -2.50. The number of anilines is 1. The summed E-state index contributed by atoms with van der Waals surface area (Å²) in [6.45, 7) is -1.50. The highest BCUT2D eigenvalue weighted by molar-refractivity contribution is 5.92. The minimum atomic E-state index is -4.89. The summed E-state index contributed by atoms with van der Waals surface area (Å²) in [5.74, 6) is -2.85. The largest absolute Gasteiger partial charge is 0.573 e. The molecule has 260 valence electrons. The highest BCUT2D eigenvalue weighted by atomic mass is 19.4. The van der Waals surface area contributed by atoms with E-state index in [0.717, 1.165) is 19.2 Å². The Morgan fingerprint density at radius 1 is 0.979 bits per heavy atom. The van der Waals surface area contributed by atoms with Gasteiger partial charge in [-0.1, -0.05) is 30.3 Å². The van der Waals surface area contributed by atoms with Crippen LogP contribution in [0.3, 0.4) is 0 Å². The number of benzene rings is 3. The molecule has 4 rings (SSSR count). The average molecular weight is 690 g/mol. The Morgan fingerprint density at radius 3 is 2.21 bits per heavy atom. The number of alkyl halides is 6. The molecule has 0 spiro atoms. The normalized spacial score (nSPS) is 17.4. The summed E-state index contributed by atoms with van der Waals surface area (Å²) >= 11 is 0. The first-order valence-corrected chi connectivity index (χ1v) is 14.6. The second-order valence-electron chi connectivity index (χ2n) is 11.0. The van der Waals surface area contributed by atoms with Crippen LogP contribution in [-0.2, 0) is 20.7 Å². The van der Waals surface area contributed by atoms with Crippen LogP contribution in [-0.4, -0.2) is 68.5 Å². The first-order chi connectivity index (χ1) is 22.6. The minimum Gasteiger partial charge on any atom is -0.428 e. The van der Waals surface area contributed by atoms with Crippen molar-refractivity contribution >= 4 is 17.7 Å². The number of rotatable bonds is 11. The number of morpholine rings is 1. The number of carbonyl (C=O) groups excluding carboxylic acids is 2. The van der Waals surface area contributed by atoms with Gasteiger partial charge in [0.2, 0.25) is 5.91 Å². The zero-order valence-corrected chi connectivity index (χ0v) is 25.3. The minimum absolute atomic E-state index is 0.107. The summed E-state index contributed by atoms with van der Waals surface area (Å²) in [4.78, 5) is 25.6. The number of amides is 2. The van der Waals surface area contributed by atoms with Crippen molar-refractivity contribution in [3.05, 3.63) is 95.1 Å². The summed E-state index contributed by atoms with van der Waals surface area (Å²) in [5, 5.41) is 5.55. The van der Waals surface area contributed by atoms with Crippen LogP contribution in [0.4, 0.5) is 45.6 Å². The van der Waals surface area contributed by atoms with Crippen LogP contribution in [0, 0.1) is 11.6 Å². The molecule has 0 saturated carbocycles. The van der Waals surface area contributed by atoms with Gasteiger partial charge in [-0.15, -0.1) is 13.2 Å². The Bertz CT molecular complexity index is 1530. The smallest absolute Gasteiger partial charge is 0.428 e. The predicted molar refractivity (Wildman–Crippen MR) is 156 cm³/mol. The molecule has 3 aromatic rings. The van der Waals surface area contributed by atoms with E-state index >= 15 is 0 Å². The number of nitrogens with zero attached hydrogens (tertiary/aromatic N) is 1. The van der Waals surface area contributed by atoms with E-state index in [-0.39, 0.29) is 43.7 Å². The Kier molecular flexibility index (Phi) is 11.9. The summed E-state index contributed by atoms with van der Waals surface area (Å²) in [5.41, 5.74) is 1.30. The molecule has 0 bridgehead atoms. The molecule has 2 amide bonds. The van der Waals surface area contributed by atoms with Crippen molar-refractivity contribution in [2.75, 3.05) is 32.1 Å². The summed E-state index contributed by atoms with van der Waals surface area (Å²) in [6, 6.07) is 14.3. The van der Waals surface area contributed by atoms with Crippen LogP contribution in [0.5, 0.6) is 5.75 Å². The van der Waals surface area contributed by atoms with Crippen LogP contribution in [0.25, 0.3) is 0 Å². The molecule has 1 aliphatic rings. The fourth-order valence-electron chi connectivity index (χ4n) is 5.06. The summed E-state index contributed by atoms with van der Waals surface area (Å²) < 4.78 is 119. The van der Waals surface area contributed by atoms with Crippen molar-refractivity contribution in [1.29, 1.82) is 0 Å². The monoisotopic (exact) mass is 689 g/mol. The lowest BCUT2D eigenvalue weighted by atomic mass is 9.88. The maximum absolute atomic E-state index is 15.0. The zero-order chi connectivity index (χ0) is 35.1. The summed E-state index contributed by atoms with van der Waals surface area (Å²) in [6.07, 6.45) is -12.0. The molecular formula is C32H31F8N3O5. The Morgan fingerprint density at radius 2 is 1.62 bits per heavy atom. The third-order valence-corrected chi connectivity index (χ3v) is 7.31. The van der Waals surface area contributed by atoms with Crippen molar-refractivity contribution in [3.8, 4) is 5.75 Å². The van der Waals surface area contributed by atoms with Gasteiger partial charge in [-0.25, -0.2) is 13.6 Å². The van der Waals surface area contributed by atoms with Gasteiger partial charge in [0.05, 0.1) is 12.7 Å². The molecule has 2 N–H and O–H groups in total. The lowest BCUT2D eigenvalue weighted by molar-refractivity contribution is -0.274. The van der Waals surface area contributed by atoms with Crippen molar-refractivity contribution in [2.45, 2.75) is 50.1 Å². The van der Waals surface area contributed by atoms with Crippen molar-refractivity contribution in [2.24, 2.45) is 0 Å². The number of hydrogen-bond acceptors (Lipinski definition) is 6. The molecule has 3 atom stereocenters. The molecule has 0 aliphatic carbocycles. The number of carbonyl (C=O) groups is 2. The number of nitrogens with one attached hydrogen (secondary N) is 2. The van der Waals surface area contributed by atoms with Gasteiger partial charge in [-0.2, -0.15) is 13.2 Å². The van der Waals surface area contributed by atoms with Crippen LogP contribution in [0.2, 0.25) is 0 Å². The SMILES string of the molecule is CN(CC(F)(F)F)C(=O)O[C@H]1CO[C@H](CCc2c(F)cccc2NC(=O)C[C@@H](c2ccc(F)cc2)c2ccc(OC(F)(F)F)cc2)CN1. The molecular weight excluding hydrogens is 658 g/mol. The first-order valence-electron chi connectivity index (χ1n) is 14.6. The average Bonchev–Trinajstić information content (AvgIpc) is 3.00. The topological polar surface area (TPSA) is 89.1 Å². The van der Waals surface area contributed by atoms with Gasteiger partial charge < -0.3 is 24.4 Å². The van der Waals surface area contributed by atoms with E-state index < -0.39 is 66.7 Å². The highest BCUT2D eigenvalue weighted by Crippen LogP contribution is 2.32. The Labute approximate surface area is 269 Å². The fraction of sp³-hybridized carbons (Fsp3) is 0.375. The van der Waals surface area contributed by atoms with Crippen molar-refractivity contribution < 1.29 is 58.9 Å². The predicted octanol–water partition coefficient (Wildman–Crippen LogP) is 6.90. The Balaban J connectivity index is 1.38. The van der Waals surface area contributed by atoms with E-state index in [4.69, 9.17) is 9.47 Å². The number of halogens is 8. The molecule has 1 heterocycles. The van der Waals surface area contributed by atoms with Gasteiger partial charge in [0, 0.05) is 37.2 Å². The lowest BCUT2D eigenvalue weighted by Gasteiger charge is -2.31. The molecule has 1 fully saturated rings. The second kappa shape index (κ2) is 15.6. The maximum Gasteiger partial charge on any atom is 0.573 e. The van der Waals surface area contributed by atoms with E-state index in [9.17, 15) is 44.7 Å². The van der Waals surface area contributed by atoms with Crippen LogP contribution < -0.4 is 15.4 Å². The maximum atomic E-state index is 15.0. The summed E-state index contributed by atoms with van der Waals surface area (Å²) in [7, 11) is 0.949. The molecule has 0 radical (unpaired) electrons. The molecule has 1 saturated heterocycles. The molecule has 8 nitrogen and oxygen atoms in total. The van der Waals surface area contributed by atoms with Gasteiger partial charge in [0.25, 0.3) is 0 Å². The highest BCUT2D eigenvalue weighted by Gasteiger charge is 2.34. The van der Waals surface area contributed by atoms with E-state index in [2.05, 4.69) is 15.4 Å². The second-order valence-corrected chi connectivity index (χ2v) is 11.0. The van der Waals surface area contributed by atoms with Gasteiger partial charge >= 0.3 is 18.6 Å². The standard InChI is InChI=1S/C32H31F8N3O5/c1-43(18-31(35,36)37)30(45)47-29-17-46-23(16-41-29)13-14-24-26(34)3-2-4-27(24)42-28(44)15-25(19-5-9-21(33)10-6-19)20-7-11-22(12-8-20)48-32(38,39)40/h2-12,23,25,29,41H,13-18H2,1H3,(H,42,44)/t23-,25+,29+/m1/s1. The van der Waals surface area contributed by atoms with Gasteiger partial charge in [-0.05, 0) is 60.4 Å². The molecule has 16 heteroatoms. The van der Waals surface area contributed by atoms with Crippen molar-refractivity contribution in [3.63, 3.8) is 0 Å². The first kappa shape index (κ1) is 36.4. The molecule has 48 heavy (non-hydrogen) atoms. The third kappa shape index (κ3) is 11.1. The van der Waals surface area contributed by atoms with Gasteiger partial charge in [-0.3, -0.25) is 10.1 Å². The third-order valence-electron chi connectivity index (χ3n) is 7.31. The molecule has 0 unspecified atom stereocenters. The van der Waals surface area contributed by atoms with E-state index in [0.29, 0.717) is 16.0 Å².